The lowest BCUT2D eigenvalue weighted by molar-refractivity contribution is -0.161. The van der Waals surface area contributed by atoms with Crippen LogP contribution in [0.3, 0.4) is 0 Å². The average Bonchev–Trinajstić information content (AvgIpc) is 3.32. The molecule has 1 N–H and O–H groups in total. The zero-order valence-corrected chi connectivity index (χ0v) is 43.4. The highest BCUT2D eigenvalue weighted by Crippen LogP contribution is 2.16. The maximum absolute atomic E-state index is 12.3. The number of esters is 2. The fourth-order valence-corrected chi connectivity index (χ4v) is 7.97. The summed E-state index contributed by atoms with van der Waals surface area (Å²) in [7, 11) is 0. The highest BCUT2D eigenvalue weighted by molar-refractivity contribution is 5.70. The predicted octanol–water partition coefficient (Wildman–Crippen LogP) is 19.0. The standard InChI is InChI=1S/C61H106O5/c1-3-5-7-9-11-13-15-17-19-21-23-25-27-29-30-32-33-35-37-39-41-43-45-47-49-51-53-55-60(63)65-58-59(57-62)66-61(64)56-54-52-50-48-46-44-42-40-38-36-34-31-28-26-24-22-20-18-16-14-12-10-8-6-4-2/h6,8,12,14-15,17-18,20-21,23-24,26-27,29,59,62H,3-5,7,9-11,13,16,19,22,25,28,30-58H2,1-2H3/b8-6-,14-12-,17-15-,20-18-,23-21-,26-24-,29-27-. The van der Waals surface area contributed by atoms with Crippen molar-refractivity contribution in [2.45, 2.75) is 277 Å². The molecule has 1 unspecified atom stereocenters. The molecule has 5 heteroatoms. The van der Waals surface area contributed by atoms with E-state index in [0.29, 0.717) is 12.8 Å². The lowest BCUT2D eigenvalue weighted by atomic mass is 10.0. The van der Waals surface area contributed by atoms with Crippen LogP contribution in [0.4, 0.5) is 0 Å². The molecule has 0 fully saturated rings. The molecule has 5 nitrogen and oxygen atoms in total. The van der Waals surface area contributed by atoms with Crippen molar-refractivity contribution in [1.82, 2.24) is 0 Å². The fourth-order valence-electron chi connectivity index (χ4n) is 7.97. The van der Waals surface area contributed by atoms with Crippen molar-refractivity contribution in [2.24, 2.45) is 0 Å². The molecule has 0 aliphatic heterocycles. The molecule has 0 bridgehead atoms. The minimum atomic E-state index is -0.779. The van der Waals surface area contributed by atoms with Gasteiger partial charge in [-0.1, -0.05) is 253 Å². The van der Waals surface area contributed by atoms with Crippen molar-refractivity contribution in [3.63, 3.8) is 0 Å². The molecule has 66 heavy (non-hydrogen) atoms. The zero-order chi connectivity index (χ0) is 47.7. The van der Waals surface area contributed by atoms with Crippen molar-refractivity contribution in [3.8, 4) is 0 Å². The van der Waals surface area contributed by atoms with Gasteiger partial charge in [0.15, 0.2) is 6.10 Å². The fraction of sp³-hybridized carbons (Fsp3) is 0.738. The van der Waals surface area contributed by atoms with E-state index in [1.807, 2.05) is 0 Å². The largest absolute Gasteiger partial charge is 0.462 e. The number of aliphatic hydroxyl groups excluding tert-OH is 1. The lowest BCUT2D eigenvalue weighted by Crippen LogP contribution is -2.28. The van der Waals surface area contributed by atoms with Gasteiger partial charge in [0.1, 0.15) is 6.61 Å². The lowest BCUT2D eigenvalue weighted by Gasteiger charge is -2.15. The van der Waals surface area contributed by atoms with Crippen molar-refractivity contribution < 1.29 is 24.2 Å². The molecule has 0 radical (unpaired) electrons. The number of allylic oxidation sites excluding steroid dienone is 14. The van der Waals surface area contributed by atoms with E-state index < -0.39 is 6.10 Å². The van der Waals surface area contributed by atoms with E-state index in [1.165, 1.54) is 167 Å². The van der Waals surface area contributed by atoms with E-state index in [2.05, 4.69) is 98.9 Å². The third-order valence-corrected chi connectivity index (χ3v) is 12.2. The summed E-state index contributed by atoms with van der Waals surface area (Å²) in [6, 6.07) is 0. The van der Waals surface area contributed by atoms with Crippen LogP contribution in [-0.4, -0.2) is 36.4 Å². The SMILES string of the molecule is CC/C=C\C/C=C\C/C=C\C/C=C\CCCCCCCCCCCCCCC(=O)OC(CO)COC(=O)CCCCCCCCCCCCCC/C=C\C/C=C\C/C=C\CCCCCCC. The van der Waals surface area contributed by atoms with E-state index in [4.69, 9.17) is 9.47 Å². The minimum absolute atomic E-state index is 0.0696. The second-order valence-electron chi connectivity index (χ2n) is 18.6. The molecule has 380 valence electrons. The number of carbonyl (C=O) groups excluding carboxylic acids is 2. The van der Waals surface area contributed by atoms with Crippen LogP contribution < -0.4 is 0 Å². The average molecular weight is 920 g/mol. The van der Waals surface area contributed by atoms with Crippen molar-refractivity contribution in [1.29, 1.82) is 0 Å². The Labute approximate surface area is 409 Å². The van der Waals surface area contributed by atoms with Crippen LogP contribution in [0, 0.1) is 0 Å². The summed E-state index contributed by atoms with van der Waals surface area (Å²) in [5, 5.41) is 9.66. The zero-order valence-electron chi connectivity index (χ0n) is 43.4. The van der Waals surface area contributed by atoms with Crippen LogP contribution in [0.5, 0.6) is 0 Å². The van der Waals surface area contributed by atoms with E-state index in [0.717, 1.165) is 77.0 Å². The molecular weight excluding hydrogens is 813 g/mol. The Bertz CT molecular complexity index is 1220. The summed E-state index contributed by atoms with van der Waals surface area (Å²) in [6.07, 6.45) is 78.3. The molecule has 0 aromatic rings. The number of hydrogen-bond acceptors (Lipinski definition) is 5. The van der Waals surface area contributed by atoms with Gasteiger partial charge >= 0.3 is 11.9 Å². The number of carbonyl (C=O) groups is 2. The first kappa shape index (κ1) is 63.1. The maximum atomic E-state index is 12.3. The summed E-state index contributed by atoms with van der Waals surface area (Å²) in [5.74, 6) is -0.591. The first-order valence-electron chi connectivity index (χ1n) is 28.1. The molecule has 0 heterocycles. The number of ether oxygens (including phenoxy) is 2. The van der Waals surface area contributed by atoms with Crippen molar-refractivity contribution in [2.75, 3.05) is 13.2 Å². The van der Waals surface area contributed by atoms with E-state index in [-0.39, 0.29) is 25.2 Å². The van der Waals surface area contributed by atoms with Gasteiger partial charge in [0, 0.05) is 12.8 Å². The Hall–Kier alpha value is -2.92. The normalized spacial score (nSPS) is 12.8. The van der Waals surface area contributed by atoms with Gasteiger partial charge < -0.3 is 14.6 Å². The molecule has 0 aromatic heterocycles. The van der Waals surface area contributed by atoms with Gasteiger partial charge in [-0.05, 0) is 89.9 Å². The Kier molecular flexibility index (Phi) is 53.9. The highest BCUT2D eigenvalue weighted by atomic mass is 16.6. The van der Waals surface area contributed by atoms with Gasteiger partial charge in [-0.15, -0.1) is 0 Å². The Balaban J connectivity index is 3.50. The number of hydrogen-bond donors (Lipinski definition) is 1. The van der Waals surface area contributed by atoms with Gasteiger partial charge in [0.05, 0.1) is 6.61 Å². The predicted molar refractivity (Wildman–Crippen MR) is 288 cm³/mol. The molecule has 0 spiro atoms. The third-order valence-electron chi connectivity index (χ3n) is 12.2. The molecule has 0 aliphatic rings. The van der Waals surface area contributed by atoms with Crippen LogP contribution in [0.2, 0.25) is 0 Å². The third kappa shape index (κ3) is 53.7. The maximum Gasteiger partial charge on any atom is 0.306 e. The summed E-state index contributed by atoms with van der Waals surface area (Å²) in [6.45, 7) is 4.03. The van der Waals surface area contributed by atoms with E-state index in [9.17, 15) is 14.7 Å². The van der Waals surface area contributed by atoms with Gasteiger partial charge in [-0.25, -0.2) is 0 Å². The number of unbranched alkanes of at least 4 members (excludes halogenated alkanes) is 29. The molecular formula is C61H106O5. The monoisotopic (exact) mass is 919 g/mol. The second kappa shape index (κ2) is 56.4. The van der Waals surface area contributed by atoms with Gasteiger partial charge in [0.25, 0.3) is 0 Å². The Morgan fingerprint density at radius 1 is 0.364 bits per heavy atom. The van der Waals surface area contributed by atoms with Crippen LogP contribution in [-0.2, 0) is 19.1 Å². The summed E-state index contributed by atoms with van der Waals surface area (Å²) in [4.78, 5) is 24.5. The van der Waals surface area contributed by atoms with Gasteiger partial charge in [-0.3, -0.25) is 9.59 Å². The number of aliphatic hydroxyl groups is 1. The van der Waals surface area contributed by atoms with Crippen molar-refractivity contribution >= 4 is 11.9 Å². The van der Waals surface area contributed by atoms with Gasteiger partial charge in [-0.2, -0.15) is 0 Å². The molecule has 0 saturated heterocycles. The molecule has 0 aliphatic carbocycles. The van der Waals surface area contributed by atoms with Gasteiger partial charge in [0.2, 0.25) is 0 Å². The quantitative estimate of drug-likeness (QED) is 0.0374. The van der Waals surface area contributed by atoms with Crippen LogP contribution in [0.15, 0.2) is 85.1 Å². The Morgan fingerprint density at radius 3 is 0.985 bits per heavy atom. The number of rotatable bonds is 51. The highest BCUT2D eigenvalue weighted by Gasteiger charge is 2.16. The molecule has 0 aromatic carbocycles. The summed E-state index contributed by atoms with van der Waals surface area (Å²) >= 11 is 0. The molecule has 1 atom stereocenters. The molecule has 0 amide bonds. The smallest absolute Gasteiger partial charge is 0.306 e. The first-order valence-corrected chi connectivity index (χ1v) is 28.1. The second-order valence-corrected chi connectivity index (χ2v) is 18.6. The topological polar surface area (TPSA) is 72.8 Å². The summed E-state index contributed by atoms with van der Waals surface area (Å²) < 4.78 is 10.7. The van der Waals surface area contributed by atoms with Crippen LogP contribution >= 0.6 is 0 Å². The van der Waals surface area contributed by atoms with Crippen molar-refractivity contribution in [3.05, 3.63) is 85.1 Å². The van der Waals surface area contributed by atoms with E-state index in [1.54, 1.807) is 0 Å². The molecule has 0 saturated carbocycles. The van der Waals surface area contributed by atoms with E-state index >= 15 is 0 Å². The van der Waals surface area contributed by atoms with Crippen LogP contribution in [0.25, 0.3) is 0 Å². The first-order chi connectivity index (χ1) is 32.6. The molecule has 0 rings (SSSR count). The summed E-state index contributed by atoms with van der Waals surface area (Å²) in [5.41, 5.74) is 0. The van der Waals surface area contributed by atoms with Crippen LogP contribution in [0.1, 0.15) is 271 Å². The minimum Gasteiger partial charge on any atom is -0.462 e. The Morgan fingerprint density at radius 2 is 0.652 bits per heavy atom.